The molecule has 0 amide bonds. The molecule has 0 unspecified atom stereocenters. The van der Waals surface area contributed by atoms with Gasteiger partial charge in [0.2, 0.25) is 0 Å². The van der Waals surface area contributed by atoms with Gasteiger partial charge in [-0.3, -0.25) is 4.79 Å². The zero-order chi connectivity index (χ0) is 14.1. The molecule has 0 saturated heterocycles. The van der Waals surface area contributed by atoms with Gasteiger partial charge in [-0.05, 0) is 25.1 Å². The normalized spacial score (nSPS) is 10.4. The first kappa shape index (κ1) is 15.5. The molecular weight excluding hydrogens is 246 g/mol. The Labute approximate surface area is 113 Å². The molecule has 1 aromatic rings. The Morgan fingerprint density at radius 3 is 2.68 bits per heavy atom. The Kier molecular flexibility index (Phi) is 6.92. The van der Waals surface area contributed by atoms with Gasteiger partial charge in [-0.15, -0.1) is 0 Å². The van der Waals surface area contributed by atoms with Crippen molar-refractivity contribution in [1.29, 1.82) is 0 Å². The van der Waals surface area contributed by atoms with Gasteiger partial charge >= 0.3 is 0 Å². The number of carbonyl (C=O) groups excluding carboxylic acids is 1. The van der Waals surface area contributed by atoms with E-state index in [4.69, 9.17) is 19.9 Å². The van der Waals surface area contributed by atoms with Crippen LogP contribution in [-0.4, -0.2) is 39.3 Å². The SMILES string of the molecule is COCCOCCCOc1ccc(N)cc1C(C)=O. The highest BCUT2D eigenvalue weighted by Gasteiger charge is 2.08. The Morgan fingerprint density at radius 2 is 2.00 bits per heavy atom. The maximum atomic E-state index is 11.5. The smallest absolute Gasteiger partial charge is 0.163 e. The van der Waals surface area contributed by atoms with Crippen molar-refractivity contribution in [3.8, 4) is 5.75 Å². The van der Waals surface area contributed by atoms with Crippen molar-refractivity contribution >= 4 is 11.5 Å². The van der Waals surface area contributed by atoms with Crippen molar-refractivity contribution in [3.63, 3.8) is 0 Å². The fourth-order valence-electron chi connectivity index (χ4n) is 1.54. The van der Waals surface area contributed by atoms with Crippen molar-refractivity contribution in [1.82, 2.24) is 0 Å². The van der Waals surface area contributed by atoms with Crippen LogP contribution in [0.1, 0.15) is 23.7 Å². The van der Waals surface area contributed by atoms with Crippen LogP contribution >= 0.6 is 0 Å². The first-order valence-electron chi connectivity index (χ1n) is 6.25. The van der Waals surface area contributed by atoms with Crippen molar-refractivity contribution in [2.45, 2.75) is 13.3 Å². The van der Waals surface area contributed by atoms with Gasteiger partial charge in [-0.25, -0.2) is 0 Å². The summed E-state index contributed by atoms with van der Waals surface area (Å²) in [6, 6.07) is 5.07. The molecule has 0 aliphatic heterocycles. The number of rotatable bonds is 9. The molecule has 0 aliphatic carbocycles. The lowest BCUT2D eigenvalue weighted by Gasteiger charge is -2.10. The predicted molar refractivity (Wildman–Crippen MR) is 73.7 cm³/mol. The monoisotopic (exact) mass is 267 g/mol. The fraction of sp³-hybridized carbons (Fsp3) is 0.500. The number of hydrogen-bond acceptors (Lipinski definition) is 5. The quantitative estimate of drug-likeness (QED) is 0.420. The first-order chi connectivity index (χ1) is 9.15. The van der Waals surface area contributed by atoms with Crippen LogP contribution < -0.4 is 10.5 Å². The summed E-state index contributed by atoms with van der Waals surface area (Å²) in [6.45, 7) is 3.77. The summed E-state index contributed by atoms with van der Waals surface area (Å²) in [7, 11) is 1.64. The summed E-state index contributed by atoms with van der Waals surface area (Å²) in [5.41, 5.74) is 6.72. The second-order valence-electron chi connectivity index (χ2n) is 4.12. The van der Waals surface area contributed by atoms with E-state index in [1.807, 2.05) is 0 Å². The average molecular weight is 267 g/mol. The lowest BCUT2D eigenvalue weighted by Crippen LogP contribution is -2.08. The number of benzene rings is 1. The van der Waals surface area contributed by atoms with E-state index >= 15 is 0 Å². The van der Waals surface area contributed by atoms with Crippen LogP contribution in [0.25, 0.3) is 0 Å². The van der Waals surface area contributed by atoms with Crippen LogP contribution in [0.4, 0.5) is 5.69 Å². The minimum atomic E-state index is -0.0568. The summed E-state index contributed by atoms with van der Waals surface area (Å²) < 4.78 is 15.8. The second-order valence-corrected chi connectivity index (χ2v) is 4.12. The van der Waals surface area contributed by atoms with Crippen molar-refractivity contribution in [3.05, 3.63) is 23.8 Å². The van der Waals surface area contributed by atoms with Gasteiger partial charge in [0, 0.05) is 25.8 Å². The maximum absolute atomic E-state index is 11.5. The summed E-state index contributed by atoms with van der Waals surface area (Å²) in [6.07, 6.45) is 0.755. The Balaban J connectivity index is 2.35. The maximum Gasteiger partial charge on any atom is 0.163 e. The molecule has 2 N–H and O–H groups in total. The zero-order valence-corrected chi connectivity index (χ0v) is 11.5. The van der Waals surface area contributed by atoms with Gasteiger partial charge in [0.15, 0.2) is 5.78 Å². The van der Waals surface area contributed by atoms with Gasteiger partial charge in [0.1, 0.15) is 5.75 Å². The molecule has 106 valence electrons. The minimum absolute atomic E-state index is 0.0568. The number of ketones is 1. The molecule has 19 heavy (non-hydrogen) atoms. The van der Waals surface area contributed by atoms with Gasteiger partial charge in [-0.2, -0.15) is 0 Å². The van der Waals surface area contributed by atoms with Gasteiger partial charge in [0.05, 0.1) is 25.4 Å². The first-order valence-corrected chi connectivity index (χ1v) is 6.25. The minimum Gasteiger partial charge on any atom is -0.493 e. The summed E-state index contributed by atoms with van der Waals surface area (Å²) >= 11 is 0. The van der Waals surface area contributed by atoms with E-state index in [9.17, 15) is 4.79 Å². The Morgan fingerprint density at radius 1 is 1.21 bits per heavy atom. The molecule has 0 heterocycles. The molecule has 0 saturated carbocycles. The van der Waals surface area contributed by atoms with Gasteiger partial charge in [0.25, 0.3) is 0 Å². The lowest BCUT2D eigenvalue weighted by molar-refractivity contribution is 0.0643. The summed E-state index contributed by atoms with van der Waals surface area (Å²) in [4.78, 5) is 11.5. The van der Waals surface area contributed by atoms with Gasteiger partial charge in [-0.1, -0.05) is 0 Å². The molecule has 0 bridgehead atoms. The molecule has 0 atom stereocenters. The topological polar surface area (TPSA) is 70.8 Å². The standard InChI is InChI=1S/C14H21NO4/c1-11(16)13-10-12(15)4-5-14(13)19-7-3-6-18-9-8-17-2/h4-5,10H,3,6-9,15H2,1-2H3. The zero-order valence-electron chi connectivity index (χ0n) is 11.5. The van der Waals surface area contributed by atoms with E-state index in [-0.39, 0.29) is 5.78 Å². The lowest BCUT2D eigenvalue weighted by atomic mass is 10.1. The third kappa shape index (κ3) is 5.72. The van der Waals surface area contributed by atoms with Crippen LogP contribution in [0.5, 0.6) is 5.75 Å². The Hall–Kier alpha value is -1.59. The highest BCUT2D eigenvalue weighted by molar-refractivity contribution is 5.97. The number of anilines is 1. The van der Waals surface area contributed by atoms with Crippen molar-refractivity contribution < 1.29 is 19.0 Å². The van der Waals surface area contributed by atoms with Crippen molar-refractivity contribution in [2.24, 2.45) is 0 Å². The fourth-order valence-corrected chi connectivity index (χ4v) is 1.54. The average Bonchev–Trinajstić information content (AvgIpc) is 2.39. The molecule has 5 nitrogen and oxygen atoms in total. The number of carbonyl (C=O) groups is 1. The third-order valence-corrected chi connectivity index (χ3v) is 2.51. The number of hydrogen-bond donors (Lipinski definition) is 1. The molecule has 5 heteroatoms. The van der Waals surface area contributed by atoms with E-state index in [0.29, 0.717) is 43.4 Å². The van der Waals surface area contributed by atoms with Crippen LogP contribution in [0.3, 0.4) is 0 Å². The van der Waals surface area contributed by atoms with Crippen LogP contribution in [0.2, 0.25) is 0 Å². The molecule has 0 aliphatic rings. The highest BCUT2D eigenvalue weighted by atomic mass is 16.5. The predicted octanol–water partition coefficient (Wildman–Crippen LogP) is 1.90. The van der Waals surface area contributed by atoms with Crippen molar-refractivity contribution in [2.75, 3.05) is 39.3 Å². The highest BCUT2D eigenvalue weighted by Crippen LogP contribution is 2.22. The second kappa shape index (κ2) is 8.50. The molecule has 0 fully saturated rings. The molecule has 0 aromatic heterocycles. The molecule has 0 radical (unpaired) electrons. The van der Waals surface area contributed by atoms with Gasteiger partial charge < -0.3 is 19.9 Å². The van der Waals surface area contributed by atoms with E-state index in [1.54, 1.807) is 25.3 Å². The third-order valence-electron chi connectivity index (χ3n) is 2.51. The number of nitrogen functional groups attached to an aromatic ring is 1. The number of Topliss-reactive ketones (excluding diaryl/α,β-unsaturated/α-hetero) is 1. The number of methoxy groups -OCH3 is 1. The van der Waals surface area contributed by atoms with Crippen LogP contribution in [-0.2, 0) is 9.47 Å². The molecule has 0 spiro atoms. The Bertz CT molecular complexity index is 406. The van der Waals surface area contributed by atoms with E-state index in [2.05, 4.69) is 0 Å². The number of nitrogens with two attached hydrogens (primary N) is 1. The van der Waals surface area contributed by atoms with E-state index in [0.717, 1.165) is 6.42 Å². The number of ether oxygens (including phenoxy) is 3. The van der Waals surface area contributed by atoms with Crippen LogP contribution in [0.15, 0.2) is 18.2 Å². The largest absolute Gasteiger partial charge is 0.493 e. The molecular formula is C14H21NO4. The summed E-state index contributed by atoms with van der Waals surface area (Å²) in [5, 5.41) is 0. The molecule has 1 rings (SSSR count). The van der Waals surface area contributed by atoms with Crippen LogP contribution in [0, 0.1) is 0 Å². The molecule has 1 aromatic carbocycles. The van der Waals surface area contributed by atoms with E-state index < -0.39 is 0 Å². The van der Waals surface area contributed by atoms with E-state index in [1.165, 1.54) is 6.92 Å². The summed E-state index contributed by atoms with van der Waals surface area (Å²) in [5.74, 6) is 0.511.